The van der Waals surface area contributed by atoms with E-state index in [9.17, 15) is 14.0 Å². The third-order valence-electron chi connectivity index (χ3n) is 5.83. The smallest absolute Gasteiger partial charge is 0.410 e. The predicted octanol–water partition coefficient (Wildman–Crippen LogP) is 3.52. The van der Waals surface area contributed by atoms with Gasteiger partial charge in [-0.25, -0.2) is 14.2 Å². The van der Waals surface area contributed by atoms with E-state index in [1.165, 1.54) is 10.9 Å². The van der Waals surface area contributed by atoms with E-state index in [0.29, 0.717) is 49.8 Å². The van der Waals surface area contributed by atoms with Crippen LogP contribution in [0.2, 0.25) is 0 Å². The molecule has 198 valence electrons. The second kappa shape index (κ2) is 10.2. The van der Waals surface area contributed by atoms with E-state index in [2.05, 4.69) is 20.4 Å². The number of hydrogen-bond donors (Lipinski definition) is 1. The molecular formula is C25H32FN7O4. The van der Waals surface area contributed by atoms with E-state index in [-0.39, 0.29) is 28.6 Å². The molecule has 2 amide bonds. The standard InChI is InChI=1S/C25H32FN7O4/c1-7-36-22-17(21(34)28-18-12-16-14-31(6)30-20(16)19(26)15(18)2)13-27-23(29-22)32-8-10-33(11-9-32)24(35)37-25(3,4)5/h12-14H,7-11H2,1-6H3,(H,28,34). The summed E-state index contributed by atoms with van der Waals surface area (Å²) in [5.41, 5.74) is 0.413. The molecule has 0 saturated carbocycles. The molecule has 3 heterocycles. The minimum Gasteiger partial charge on any atom is -0.477 e. The molecule has 3 aromatic rings. The fourth-order valence-electron chi connectivity index (χ4n) is 3.99. The van der Waals surface area contributed by atoms with Crippen molar-refractivity contribution >= 4 is 34.5 Å². The summed E-state index contributed by atoms with van der Waals surface area (Å²) in [6.45, 7) is 11.1. The molecule has 2 aromatic heterocycles. The summed E-state index contributed by atoms with van der Waals surface area (Å²) in [5.74, 6) is -0.492. The number of amides is 2. The lowest BCUT2D eigenvalue weighted by molar-refractivity contribution is 0.0240. The van der Waals surface area contributed by atoms with Crippen molar-refractivity contribution in [3.05, 3.63) is 35.4 Å². The average Bonchev–Trinajstić information content (AvgIpc) is 3.21. The van der Waals surface area contributed by atoms with Crippen LogP contribution < -0.4 is 15.0 Å². The van der Waals surface area contributed by atoms with Gasteiger partial charge in [0.25, 0.3) is 5.91 Å². The van der Waals surface area contributed by atoms with Crippen LogP contribution in [0.1, 0.15) is 43.6 Å². The summed E-state index contributed by atoms with van der Waals surface area (Å²) in [6, 6.07) is 1.68. The topological polar surface area (TPSA) is 115 Å². The molecule has 0 bridgehead atoms. The Morgan fingerprint density at radius 2 is 1.89 bits per heavy atom. The average molecular weight is 514 g/mol. The number of nitrogens with zero attached hydrogens (tertiary/aromatic N) is 6. The van der Waals surface area contributed by atoms with Gasteiger partial charge in [-0.3, -0.25) is 9.48 Å². The molecule has 1 aromatic carbocycles. The highest BCUT2D eigenvalue weighted by atomic mass is 19.1. The molecule has 1 aliphatic heterocycles. The zero-order valence-electron chi connectivity index (χ0n) is 22.0. The van der Waals surface area contributed by atoms with Gasteiger partial charge in [0.15, 0.2) is 5.82 Å². The molecule has 1 aliphatic rings. The fourth-order valence-corrected chi connectivity index (χ4v) is 3.99. The SMILES string of the molecule is CCOc1nc(N2CCN(C(=O)OC(C)(C)C)CC2)ncc1C(=O)Nc1cc2cn(C)nc2c(F)c1C. The van der Waals surface area contributed by atoms with Gasteiger partial charge < -0.3 is 24.6 Å². The van der Waals surface area contributed by atoms with Crippen LogP contribution in [0.15, 0.2) is 18.5 Å². The lowest BCUT2D eigenvalue weighted by atomic mass is 10.1. The minimum atomic E-state index is -0.561. The Kier molecular flexibility index (Phi) is 7.19. The maximum absolute atomic E-state index is 14.8. The molecule has 4 rings (SSSR count). The Bertz CT molecular complexity index is 1330. The van der Waals surface area contributed by atoms with Crippen molar-refractivity contribution < 1.29 is 23.5 Å². The van der Waals surface area contributed by atoms with Gasteiger partial charge in [-0.2, -0.15) is 10.1 Å². The van der Waals surface area contributed by atoms with Gasteiger partial charge in [0, 0.05) is 62.3 Å². The number of aryl methyl sites for hydroxylation is 1. The lowest BCUT2D eigenvalue weighted by Crippen LogP contribution is -2.50. The summed E-state index contributed by atoms with van der Waals surface area (Å²) in [7, 11) is 1.71. The molecule has 0 aliphatic carbocycles. The largest absolute Gasteiger partial charge is 0.477 e. The summed E-state index contributed by atoms with van der Waals surface area (Å²) >= 11 is 0. The second-order valence-corrected chi connectivity index (χ2v) is 9.83. The molecule has 37 heavy (non-hydrogen) atoms. The van der Waals surface area contributed by atoms with Crippen LogP contribution in [0.3, 0.4) is 0 Å². The molecule has 0 atom stereocenters. The Hall–Kier alpha value is -3.96. The first-order valence-electron chi connectivity index (χ1n) is 12.1. The third kappa shape index (κ3) is 5.73. The normalized spacial score (nSPS) is 14.1. The number of aromatic nitrogens is 4. The molecule has 0 spiro atoms. The van der Waals surface area contributed by atoms with Gasteiger partial charge >= 0.3 is 6.09 Å². The van der Waals surface area contributed by atoms with Crippen molar-refractivity contribution in [2.24, 2.45) is 7.05 Å². The van der Waals surface area contributed by atoms with Crippen LogP contribution in [0, 0.1) is 12.7 Å². The quantitative estimate of drug-likeness (QED) is 0.551. The first kappa shape index (κ1) is 26.1. The molecule has 0 unspecified atom stereocenters. The molecule has 0 radical (unpaired) electrons. The highest BCUT2D eigenvalue weighted by molar-refractivity contribution is 6.07. The highest BCUT2D eigenvalue weighted by Crippen LogP contribution is 2.28. The Morgan fingerprint density at radius 3 is 2.54 bits per heavy atom. The van der Waals surface area contributed by atoms with E-state index < -0.39 is 17.3 Å². The van der Waals surface area contributed by atoms with Gasteiger partial charge in [-0.1, -0.05) is 0 Å². The predicted molar refractivity (Wildman–Crippen MR) is 137 cm³/mol. The first-order valence-corrected chi connectivity index (χ1v) is 12.1. The summed E-state index contributed by atoms with van der Waals surface area (Å²) in [4.78, 5) is 37.9. The summed E-state index contributed by atoms with van der Waals surface area (Å²) in [5, 5.41) is 7.46. The van der Waals surface area contributed by atoms with Gasteiger partial charge in [-0.15, -0.1) is 0 Å². The number of carbonyl (C=O) groups is 2. The molecule has 1 N–H and O–H groups in total. The van der Waals surface area contributed by atoms with Crippen LogP contribution >= 0.6 is 0 Å². The van der Waals surface area contributed by atoms with Crippen molar-refractivity contribution in [3.8, 4) is 5.88 Å². The number of fused-ring (bicyclic) bond motifs is 1. The van der Waals surface area contributed by atoms with Gasteiger partial charge in [0.1, 0.15) is 16.7 Å². The third-order valence-corrected chi connectivity index (χ3v) is 5.83. The Balaban J connectivity index is 1.50. The summed E-state index contributed by atoms with van der Waals surface area (Å²) in [6.07, 6.45) is 2.72. The second-order valence-electron chi connectivity index (χ2n) is 9.83. The number of hydrogen-bond acceptors (Lipinski definition) is 8. The van der Waals surface area contributed by atoms with Crippen LogP contribution in [0.25, 0.3) is 10.9 Å². The van der Waals surface area contributed by atoms with Crippen LogP contribution in [-0.4, -0.2) is 75.0 Å². The molecule has 11 nitrogen and oxygen atoms in total. The number of piperazine rings is 1. The maximum atomic E-state index is 14.8. The van der Waals surface area contributed by atoms with Crippen LogP contribution in [0.4, 0.5) is 20.8 Å². The van der Waals surface area contributed by atoms with Crippen molar-refractivity contribution in [3.63, 3.8) is 0 Å². The number of carbonyl (C=O) groups excluding carboxylic acids is 2. The van der Waals surface area contributed by atoms with E-state index in [1.54, 1.807) is 38.1 Å². The number of rotatable bonds is 5. The number of ether oxygens (including phenoxy) is 2. The van der Waals surface area contributed by atoms with Crippen molar-refractivity contribution in [1.29, 1.82) is 0 Å². The summed E-state index contributed by atoms with van der Waals surface area (Å²) < 4.78 is 27.5. The van der Waals surface area contributed by atoms with Crippen LogP contribution in [-0.2, 0) is 11.8 Å². The van der Waals surface area contributed by atoms with Crippen LogP contribution in [0.5, 0.6) is 5.88 Å². The monoisotopic (exact) mass is 513 g/mol. The van der Waals surface area contributed by atoms with Gasteiger partial charge in [-0.05, 0) is 40.7 Å². The maximum Gasteiger partial charge on any atom is 0.410 e. The van der Waals surface area contributed by atoms with E-state index in [4.69, 9.17) is 9.47 Å². The van der Waals surface area contributed by atoms with Gasteiger partial charge in [0.05, 0.1) is 6.61 Å². The number of halogens is 1. The zero-order valence-corrected chi connectivity index (χ0v) is 22.0. The Labute approximate surface area is 214 Å². The highest BCUT2D eigenvalue weighted by Gasteiger charge is 2.28. The van der Waals surface area contributed by atoms with E-state index >= 15 is 0 Å². The molecule has 1 saturated heterocycles. The first-order chi connectivity index (χ1) is 17.5. The van der Waals surface area contributed by atoms with E-state index in [1.807, 2.05) is 25.7 Å². The van der Waals surface area contributed by atoms with Crippen molar-refractivity contribution in [2.45, 2.75) is 40.2 Å². The minimum absolute atomic E-state index is 0.125. The number of nitrogens with one attached hydrogen (secondary N) is 1. The zero-order chi connectivity index (χ0) is 26.9. The molecule has 12 heteroatoms. The van der Waals surface area contributed by atoms with Gasteiger partial charge in [0.2, 0.25) is 11.8 Å². The molecule has 1 fully saturated rings. The van der Waals surface area contributed by atoms with Crippen molar-refractivity contribution in [2.75, 3.05) is 43.0 Å². The molecular weight excluding hydrogens is 481 g/mol. The van der Waals surface area contributed by atoms with E-state index in [0.717, 1.165) is 0 Å². The Morgan fingerprint density at radius 1 is 1.19 bits per heavy atom. The lowest BCUT2D eigenvalue weighted by Gasteiger charge is -2.35. The fraction of sp³-hybridized carbons (Fsp3) is 0.480. The number of benzene rings is 1. The number of anilines is 2. The van der Waals surface area contributed by atoms with Crippen molar-refractivity contribution in [1.82, 2.24) is 24.6 Å².